The van der Waals surface area contributed by atoms with E-state index in [0.29, 0.717) is 0 Å². The van der Waals surface area contributed by atoms with Crippen LogP contribution in [0, 0.1) is 0 Å². The van der Waals surface area contributed by atoms with Crippen LogP contribution in [0.25, 0.3) is 0 Å². The van der Waals surface area contributed by atoms with Gasteiger partial charge in [-0.25, -0.2) is 0 Å². The minimum Gasteiger partial charge on any atom is -0.429 e. The summed E-state index contributed by atoms with van der Waals surface area (Å²) in [5, 5.41) is 0. The van der Waals surface area contributed by atoms with Crippen LogP contribution in [0.15, 0.2) is 0 Å². The van der Waals surface area contributed by atoms with Gasteiger partial charge in [0.15, 0.2) is 0 Å². The molecule has 0 aromatic carbocycles. The smallest absolute Gasteiger partial charge is 0.429 e. The first-order valence-corrected chi connectivity index (χ1v) is 7.25. The largest absolute Gasteiger partial charge is 0.550 e. The van der Waals surface area contributed by atoms with Gasteiger partial charge in [0.1, 0.15) is 12.2 Å². The first-order chi connectivity index (χ1) is 9.49. The van der Waals surface area contributed by atoms with Gasteiger partial charge in [-0.05, 0) is 26.7 Å². The highest BCUT2D eigenvalue weighted by Gasteiger charge is 2.17. The minimum atomic E-state index is -1.04. The van der Waals surface area contributed by atoms with Crippen molar-refractivity contribution in [3.63, 3.8) is 0 Å². The van der Waals surface area contributed by atoms with E-state index in [2.05, 4.69) is 9.78 Å². The average molecular weight is 290 g/mol. The summed E-state index contributed by atoms with van der Waals surface area (Å²) >= 11 is 0. The lowest BCUT2D eigenvalue weighted by Crippen LogP contribution is -2.21. The fourth-order valence-electron chi connectivity index (χ4n) is 1.54. The zero-order valence-electron chi connectivity index (χ0n) is 12.8. The molecule has 118 valence electrons. The molecule has 0 amide bonds. The van der Waals surface area contributed by atoms with Crippen LogP contribution in [0.3, 0.4) is 0 Å². The van der Waals surface area contributed by atoms with Gasteiger partial charge < -0.3 is 9.47 Å². The van der Waals surface area contributed by atoms with Crippen molar-refractivity contribution >= 4 is 12.3 Å². The molecule has 0 saturated heterocycles. The van der Waals surface area contributed by atoms with Crippen molar-refractivity contribution in [2.75, 3.05) is 0 Å². The summed E-state index contributed by atoms with van der Waals surface area (Å²) in [5.74, 6) is 0. The summed E-state index contributed by atoms with van der Waals surface area (Å²) in [4.78, 5) is 30.9. The van der Waals surface area contributed by atoms with Crippen molar-refractivity contribution in [1.29, 1.82) is 0 Å². The van der Waals surface area contributed by atoms with Gasteiger partial charge in [-0.2, -0.15) is 19.4 Å². The van der Waals surface area contributed by atoms with Gasteiger partial charge in [0, 0.05) is 0 Å². The van der Waals surface area contributed by atoms with Crippen LogP contribution >= 0.6 is 0 Å². The molecule has 0 heterocycles. The Balaban J connectivity index is 3.74. The fraction of sp³-hybridized carbons (Fsp3) is 0.857. The number of unbranched alkanes of at least 4 members (excludes halogenated alkanes) is 2. The summed E-state index contributed by atoms with van der Waals surface area (Å²) in [6.07, 6.45) is 2.80. The number of hydrogen-bond donors (Lipinski definition) is 0. The van der Waals surface area contributed by atoms with Crippen LogP contribution in [0.2, 0.25) is 0 Å². The number of carbonyl (C=O) groups excluding carboxylic acids is 2. The van der Waals surface area contributed by atoms with Gasteiger partial charge in [0.05, 0.1) is 0 Å². The first kappa shape index (κ1) is 18.5. The van der Waals surface area contributed by atoms with Gasteiger partial charge in [-0.3, -0.25) is 0 Å². The predicted molar refractivity (Wildman–Crippen MR) is 73.1 cm³/mol. The molecule has 2 unspecified atom stereocenters. The molecular formula is C14H26O6. The second-order valence-electron chi connectivity index (χ2n) is 4.81. The summed E-state index contributed by atoms with van der Waals surface area (Å²) in [6, 6.07) is 0. The molecule has 2 atom stereocenters. The quantitative estimate of drug-likeness (QED) is 0.375. The molecule has 0 aromatic rings. The van der Waals surface area contributed by atoms with Crippen LogP contribution in [0.4, 0.5) is 9.59 Å². The fourth-order valence-corrected chi connectivity index (χ4v) is 1.54. The molecule has 0 radical (unpaired) electrons. The van der Waals surface area contributed by atoms with Gasteiger partial charge in [0.2, 0.25) is 0 Å². The summed E-state index contributed by atoms with van der Waals surface area (Å²) in [6.45, 7) is 7.60. The molecule has 0 aliphatic carbocycles. The highest BCUT2D eigenvalue weighted by Crippen LogP contribution is 2.07. The van der Waals surface area contributed by atoms with E-state index in [1.54, 1.807) is 13.8 Å². The Bertz CT molecular complexity index is 251. The Hall–Kier alpha value is -1.46. The van der Waals surface area contributed by atoms with E-state index in [1.165, 1.54) is 0 Å². The van der Waals surface area contributed by atoms with Crippen molar-refractivity contribution in [3.05, 3.63) is 0 Å². The molecule has 0 spiro atoms. The molecule has 20 heavy (non-hydrogen) atoms. The van der Waals surface area contributed by atoms with E-state index in [9.17, 15) is 9.59 Å². The lowest BCUT2D eigenvalue weighted by atomic mass is 10.2. The van der Waals surface area contributed by atoms with E-state index in [0.717, 1.165) is 38.5 Å². The Morgan fingerprint density at radius 1 is 0.800 bits per heavy atom. The molecule has 0 rings (SSSR count). The van der Waals surface area contributed by atoms with Crippen molar-refractivity contribution in [2.45, 2.75) is 78.4 Å². The molecular weight excluding hydrogens is 264 g/mol. The second kappa shape index (κ2) is 11.4. The molecule has 0 aliphatic rings. The highest BCUT2D eigenvalue weighted by molar-refractivity contribution is 5.63. The third-order valence-electron chi connectivity index (χ3n) is 2.70. The van der Waals surface area contributed by atoms with Gasteiger partial charge in [0.25, 0.3) is 0 Å². The highest BCUT2D eigenvalue weighted by atomic mass is 17.3. The maximum atomic E-state index is 11.2. The van der Waals surface area contributed by atoms with Crippen LogP contribution < -0.4 is 0 Å². The van der Waals surface area contributed by atoms with Crippen molar-refractivity contribution in [2.24, 2.45) is 0 Å². The van der Waals surface area contributed by atoms with Gasteiger partial charge in [-0.15, -0.1) is 0 Å². The predicted octanol–water partition coefficient (Wildman–Crippen LogP) is 4.37. The zero-order chi connectivity index (χ0) is 15.4. The Kier molecular flexibility index (Phi) is 10.5. The molecule has 0 aromatic heterocycles. The van der Waals surface area contributed by atoms with E-state index >= 15 is 0 Å². The summed E-state index contributed by atoms with van der Waals surface area (Å²) < 4.78 is 9.76. The lowest BCUT2D eigenvalue weighted by Gasteiger charge is -2.13. The van der Waals surface area contributed by atoms with E-state index < -0.39 is 12.3 Å². The van der Waals surface area contributed by atoms with Crippen LogP contribution in [-0.4, -0.2) is 24.5 Å². The van der Waals surface area contributed by atoms with Crippen molar-refractivity contribution in [3.8, 4) is 0 Å². The lowest BCUT2D eigenvalue weighted by molar-refractivity contribution is -0.224. The van der Waals surface area contributed by atoms with Gasteiger partial charge >= 0.3 is 12.3 Å². The maximum Gasteiger partial charge on any atom is 0.550 e. The zero-order valence-corrected chi connectivity index (χ0v) is 12.8. The third-order valence-corrected chi connectivity index (χ3v) is 2.70. The number of carbonyl (C=O) groups is 2. The molecule has 6 nitrogen and oxygen atoms in total. The molecule has 0 saturated carbocycles. The first-order valence-electron chi connectivity index (χ1n) is 7.25. The monoisotopic (exact) mass is 290 g/mol. The van der Waals surface area contributed by atoms with Crippen LogP contribution in [-0.2, 0) is 19.2 Å². The topological polar surface area (TPSA) is 71.1 Å². The average Bonchev–Trinajstić information content (AvgIpc) is 2.40. The Morgan fingerprint density at radius 3 is 1.45 bits per heavy atom. The summed E-state index contributed by atoms with van der Waals surface area (Å²) in [7, 11) is 0. The van der Waals surface area contributed by atoms with Crippen LogP contribution in [0.5, 0.6) is 0 Å². The SMILES string of the molecule is CCCCC(C)OC(=O)OOC(=O)OC(C)CCCC. The van der Waals surface area contributed by atoms with E-state index in [-0.39, 0.29) is 12.2 Å². The van der Waals surface area contributed by atoms with Crippen molar-refractivity contribution in [1.82, 2.24) is 0 Å². The standard InChI is InChI=1S/C14H26O6/c1-5-7-9-11(3)17-13(15)19-20-14(16)18-12(4)10-8-6-2/h11-12H,5-10H2,1-4H3. The molecule has 0 bridgehead atoms. The summed E-state index contributed by atoms with van der Waals surface area (Å²) in [5.41, 5.74) is 0. The number of ether oxygens (including phenoxy) is 2. The molecule has 0 aliphatic heterocycles. The Labute approximate surface area is 120 Å². The molecule has 0 fully saturated rings. The number of rotatable bonds is 8. The Morgan fingerprint density at radius 2 is 1.15 bits per heavy atom. The molecule has 0 N–H and O–H groups in total. The van der Waals surface area contributed by atoms with Gasteiger partial charge in [-0.1, -0.05) is 39.5 Å². The molecule has 6 heteroatoms. The van der Waals surface area contributed by atoms with E-state index in [1.807, 2.05) is 13.8 Å². The number of hydrogen-bond acceptors (Lipinski definition) is 6. The second-order valence-corrected chi connectivity index (χ2v) is 4.81. The minimum absolute atomic E-state index is 0.273. The van der Waals surface area contributed by atoms with E-state index in [4.69, 9.17) is 9.47 Å². The maximum absolute atomic E-state index is 11.2. The normalized spacial score (nSPS) is 13.2. The third kappa shape index (κ3) is 10.5. The van der Waals surface area contributed by atoms with Crippen LogP contribution in [0.1, 0.15) is 66.2 Å². The van der Waals surface area contributed by atoms with Crippen molar-refractivity contribution < 1.29 is 28.8 Å².